The van der Waals surface area contributed by atoms with Crippen LogP contribution in [0.5, 0.6) is 0 Å². The summed E-state index contributed by atoms with van der Waals surface area (Å²) in [6.07, 6.45) is 7.27. The van der Waals surface area contributed by atoms with Gasteiger partial charge in [0.25, 0.3) is 0 Å². The average Bonchev–Trinajstić information content (AvgIpc) is 3.09. The molecule has 120 valence electrons. The van der Waals surface area contributed by atoms with E-state index in [0.29, 0.717) is 0 Å². The van der Waals surface area contributed by atoms with Crippen molar-refractivity contribution in [1.82, 2.24) is 9.91 Å². The predicted molar refractivity (Wildman–Crippen MR) is 94.5 cm³/mol. The van der Waals surface area contributed by atoms with Gasteiger partial charge in [-0.2, -0.15) is 5.10 Å². The Kier molecular flexibility index (Phi) is 5.51. The van der Waals surface area contributed by atoms with Crippen molar-refractivity contribution in [3.8, 4) is 0 Å². The van der Waals surface area contributed by atoms with Crippen LogP contribution in [0.2, 0.25) is 5.02 Å². The lowest BCUT2D eigenvalue weighted by Crippen LogP contribution is -2.43. The average molecular weight is 330 g/mol. The third-order valence-corrected chi connectivity index (χ3v) is 4.19. The third-order valence-electron chi connectivity index (χ3n) is 3.82. The maximum Gasteiger partial charge on any atom is 0.126 e. The number of piperazine rings is 1. The maximum absolute atomic E-state index is 6.22. The van der Waals surface area contributed by atoms with Crippen molar-refractivity contribution in [3.63, 3.8) is 0 Å². The van der Waals surface area contributed by atoms with Gasteiger partial charge in [-0.15, -0.1) is 0 Å². The van der Waals surface area contributed by atoms with Gasteiger partial charge in [0.05, 0.1) is 6.26 Å². The predicted octanol–water partition coefficient (Wildman–Crippen LogP) is 3.75. The summed E-state index contributed by atoms with van der Waals surface area (Å²) in [5, 5.41) is 7.41. The van der Waals surface area contributed by atoms with Gasteiger partial charge < -0.3 is 4.42 Å². The van der Waals surface area contributed by atoms with Crippen LogP contribution in [-0.4, -0.2) is 42.3 Å². The standard InChI is InChI=1S/C18H20ClN3O/c19-18-8-2-1-5-16(18)15-21-10-12-22(13-11-21)20-9-3-6-17-7-4-14-23-17/h1-9,14H,10-13,15H2/b6-3-,20-9?. The first-order valence-corrected chi connectivity index (χ1v) is 8.14. The zero-order chi connectivity index (χ0) is 15.9. The Morgan fingerprint density at radius 1 is 1.09 bits per heavy atom. The van der Waals surface area contributed by atoms with E-state index in [9.17, 15) is 0 Å². The van der Waals surface area contributed by atoms with Crippen LogP contribution >= 0.6 is 11.6 Å². The van der Waals surface area contributed by atoms with Gasteiger partial charge in [0.1, 0.15) is 5.76 Å². The number of halogens is 1. The molecule has 0 amide bonds. The van der Waals surface area contributed by atoms with Crippen molar-refractivity contribution < 1.29 is 4.42 Å². The van der Waals surface area contributed by atoms with Crippen molar-refractivity contribution in [2.45, 2.75) is 6.54 Å². The summed E-state index contributed by atoms with van der Waals surface area (Å²) in [5.41, 5.74) is 1.19. The highest BCUT2D eigenvalue weighted by molar-refractivity contribution is 6.31. The minimum absolute atomic E-state index is 0.834. The lowest BCUT2D eigenvalue weighted by Gasteiger charge is -2.33. The van der Waals surface area contributed by atoms with Crippen molar-refractivity contribution in [2.24, 2.45) is 5.10 Å². The molecule has 1 fully saturated rings. The normalized spacial score (nSPS) is 16.7. The molecule has 0 saturated carbocycles. The topological polar surface area (TPSA) is 32.0 Å². The van der Waals surface area contributed by atoms with Crippen molar-refractivity contribution in [3.05, 3.63) is 65.1 Å². The molecule has 1 aliphatic rings. The second-order valence-electron chi connectivity index (χ2n) is 5.46. The van der Waals surface area contributed by atoms with Gasteiger partial charge in [-0.05, 0) is 35.9 Å². The third kappa shape index (κ3) is 4.71. The lowest BCUT2D eigenvalue weighted by atomic mass is 10.2. The van der Waals surface area contributed by atoms with E-state index >= 15 is 0 Å². The number of benzene rings is 1. The molecular weight excluding hydrogens is 310 g/mol. The molecule has 2 aromatic rings. The van der Waals surface area contributed by atoms with Crippen LogP contribution in [0, 0.1) is 0 Å². The molecule has 5 heteroatoms. The van der Waals surface area contributed by atoms with E-state index < -0.39 is 0 Å². The number of hydrogen-bond acceptors (Lipinski definition) is 4. The molecule has 1 aliphatic heterocycles. The minimum Gasteiger partial charge on any atom is -0.465 e. The Labute approximate surface area is 141 Å². The fraction of sp³-hybridized carbons (Fsp3) is 0.278. The van der Waals surface area contributed by atoms with Crippen LogP contribution in [0.3, 0.4) is 0 Å². The largest absolute Gasteiger partial charge is 0.465 e. The molecule has 1 saturated heterocycles. The van der Waals surface area contributed by atoms with Crippen molar-refractivity contribution >= 4 is 23.9 Å². The second kappa shape index (κ2) is 7.99. The number of allylic oxidation sites excluding steroid dienone is 1. The summed E-state index contributed by atoms with van der Waals surface area (Å²) in [5.74, 6) is 0.834. The van der Waals surface area contributed by atoms with E-state index in [0.717, 1.165) is 43.5 Å². The first-order valence-electron chi connectivity index (χ1n) is 7.76. The molecule has 0 radical (unpaired) electrons. The molecule has 0 aliphatic carbocycles. The molecule has 4 nitrogen and oxygen atoms in total. The molecule has 0 bridgehead atoms. The molecule has 0 atom stereocenters. The fourth-order valence-corrected chi connectivity index (χ4v) is 2.73. The highest BCUT2D eigenvalue weighted by Crippen LogP contribution is 2.17. The smallest absolute Gasteiger partial charge is 0.126 e. The molecule has 2 heterocycles. The van der Waals surface area contributed by atoms with E-state index in [1.54, 1.807) is 6.26 Å². The molecule has 3 rings (SSSR count). The monoisotopic (exact) mass is 329 g/mol. The van der Waals surface area contributed by atoms with Crippen molar-refractivity contribution in [2.75, 3.05) is 26.2 Å². The SMILES string of the molecule is Clc1ccccc1CN1CCN(N=C/C=C\c2ccco2)CC1. The van der Waals surface area contributed by atoms with Crippen molar-refractivity contribution in [1.29, 1.82) is 0 Å². The van der Waals surface area contributed by atoms with Gasteiger partial charge in [-0.3, -0.25) is 9.91 Å². The molecule has 0 N–H and O–H groups in total. The summed E-state index contributed by atoms with van der Waals surface area (Å²) >= 11 is 6.22. The second-order valence-corrected chi connectivity index (χ2v) is 5.87. The number of rotatable bonds is 5. The van der Waals surface area contributed by atoms with Crippen LogP contribution < -0.4 is 0 Å². The van der Waals surface area contributed by atoms with Gasteiger partial charge in [0.2, 0.25) is 0 Å². The Morgan fingerprint density at radius 3 is 2.65 bits per heavy atom. The summed E-state index contributed by atoms with van der Waals surface area (Å²) in [6.45, 7) is 4.73. The first-order chi connectivity index (χ1) is 11.3. The summed E-state index contributed by atoms with van der Waals surface area (Å²) in [7, 11) is 0. The van der Waals surface area contributed by atoms with Crippen LogP contribution in [0.1, 0.15) is 11.3 Å². The highest BCUT2D eigenvalue weighted by Gasteiger charge is 2.15. The number of hydrazone groups is 1. The summed E-state index contributed by atoms with van der Waals surface area (Å²) < 4.78 is 5.23. The molecule has 1 aromatic heterocycles. The van der Waals surface area contributed by atoms with E-state index in [2.05, 4.69) is 21.1 Å². The van der Waals surface area contributed by atoms with Crippen LogP contribution in [0.4, 0.5) is 0 Å². The van der Waals surface area contributed by atoms with Gasteiger partial charge in [0.15, 0.2) is 0 Å². The van der Waals surface area contributed by atoms with Crippen LogP contribution in [0.25, 0.3) is 6.08 Å². The van der Waals surface area contributed by atoms with Gasteiger partial charge in [-0.25, -0.2) is 0 Å². The van der Waals surface area contributed by atoms with Gasteiger partial charge in [-0.1, -0.05) is 29.8 Å². The van der Waals surface area contributed by atoms with E-state index in [4.69, 9.17) is 16.0 Å². The Hall–Kier alpha value is -2.04. The fourth-order valence-electron chi connectivity index (χ4n) is 2.54. The molecule has 23 heavy (non-hydrogen) atoms. The first kappa shape index (κ1) is 15.8. The van der Waals surface area contributed by atoms with Crippen LogP contribution in [0.15, 0.2) is 58.3 Å². The highest BCUT2D eigenvalue weighted by atomic mass is 35.5. The zero-order valence-electron chi connectivity index (χ0n) is 12.9. The lowest BCUT2D eigenvalue weighted by molar-refractivity contribution is 0.131. The molecule has 0 spiro atoms. The van der Waals surface area contributed by atoms with Gasteiger partial charge >= 0.3 is 0 Å². The number of furan rings is 1. The minimum atomic E-state index is 0.834. The summed E-state index contributed by atoms with van der Waals surface area (Å²) in [4.78, 5) is 2.41. The number of nitrogens with zero attached hydrogens (tertiary/aromatic N) is 3. The molecular formula is C18H20ClN3O. The Bertz CT molecular complexity index is 659. The number of hydrogen-bond donors (Lipinski definition) is 0. The Balaban J connectivity index is 1.44. The molecule has 0 unspecified atom stereocenters. The van der Waals surface area contributed by atoms with Crippen LogP contribution in [-0.2, 0) is 6.54 Å². The molecule has 1 aromatic carbocycles. The van der Waals surface area contributed by atoms with E-state index in [-0.39, 0.29) is 0 Å². The quantitative estimate of drug-likeness (QED) is 0.783. The maximum atomic E-state index is 6.22. The van der Waals surface area contributed by atoms with Gasteiger partial charge in [0, 0.05) is 44.0 Å². The van der Waals surface area contributed by atoms with E-state index in [1.165, 1.54) is 5.56 Å². The van der Waals surface area contributed by atoms with E-state index in [1.807, 2.05) is 48.7 Å². The Morgan fingerprint density at radius 2 is 1.91 bits per heavy atom. The summed E-state index contributed by atoms with van der Waals surface area (Å²) in [6, 6.07) is 11.8. The zero-order valence-corrected chi connectivity index (χ0v) is 13.7.